The number of benzene rings is 5. The molecule has 0 saturated heterocycles. The number of carbonyl (C=O) groups is 1. The SMILES string of the molecule is CC1(C)c2ccccc2C(=O)n2c1nc1ccc(-c3nc(-c4ccccc4)nc(-c4ccc(-c5ccccc5)cc4)n3)cc12. The number of hydrogen-bond donors (Lipinski definition) is 0. The number of nitrogens with zero attached hydrogens (tertiary/aromatic N) is 5. The lowest BCUT2D eigenvalue weighted by atomic mass is 9.78. The normalized spacial score (nSPS) is 13.5. The van der Waals surface area contributed by atoms with E-state index in [9.17, 15) is 4.79 Å². The molecule has 0 atom stereocenters. The van der Waals surface area contributed by atoms with Crippen LogP contribution in [-0.4, -0.2) is 30.4 Å². The van der Waals surface area contributed by atoms with Crippen molar-refractivity contribution in [3.63, 3.8) is 0 Å². The second kappa shape index (κ2) is 9.92. The first kappa shape index (κ1) is 25.9. The molecule has 6 nitrogen and oxygen atoms in total. The van der Waals surface area contributed by atoms with Crippen molar-refractivity contribution in [2.75, 3.05) is 0 Å². The first-order valence-electron chi connectivity index (χ1n) is 14.6. The second-order valence-electron chi connectivity index (χ2n) is 11.6. The molecule has 5 aromatic carbocycles. The highest BCUT2D eigenvalue weighted by Crippen LogP contribution is 2.40. The van der Waals surface area contributed by atoms with Crippen LogP contribution in [0.4, 0.5) is 0 Å². The van der Waals surface area contributed by atoms with Gasteiger partial charge in [0.2, 0.25) is 0 Å². The Balaban J connectivity index is 1.28. The molecular weight excluding hydrogens is 542 g/mol. The maximum atomic E-state index is 13.8. The van der Waals surface area contributed by atoms with Crippen LogP contribution in [0.2, 0.25) is 0 Å². The van der Waals surface area contributed by atoms with Gasteiger partial charge in [0.1, 0.15) is 5.82 Å². The zero-order chi connectivity index (χ0) is 29.8. The van der Waals surface area contributed by atoms with E-state index in [1.54, 1.807) is 4.57 Å². The Hall–Kier alpha value is -5.75. The van der Waals surface area contributed by atoms with Crippen molar-refractivity contribution in [3.05, 3.63) is 144 Å². The molecule has 0 amide bonds. The Morgan fingerprint density at radius 1 is 0.523 bits per heavy atom. The van der Waals surface area contributed by atoms with Crippen LogP contribution in [0.1, 0.15) is 35.6 Å². The Bertz CT molecular complexity index is 2200. The van der Waals surface area contributed by atoms with Crippen LogP contribution in [0.5, 0.6) is 0 Å². The molecule has 210 valence electrons. The number of rotatable bonds is 4. The molecule has 0 N–H and O–H groups in total. The third-order valence-corrected chi connectivity index (χ3v) is 8.42. The monoisotopic (exact) mass is 569 g/mol. The summed E-state index contributed by atoms with van der Waals surface area (Å²) in [7, 11) is 0. The van der Waals surface area contributed by atoms with E-state index in [1.807, 2.05) is 103 Å². The highest BCUT2D eigenvalue weighted by Gasteiger charge is 2.39. The molecule has 0 fully saturated rings. The fraction of sp³-hybridized carbons (Fsp3) is 0.0789. The molecule has 3 heterocycles. The van der Waals surface area contributed by atoms with Gasteiger partial charge in [-0.2, -0.15) is 0 Å². The zero-order valence-electron chi connectivity index (χ0n) is 24.3. The summed E-state index contributed by atoms with van der Waals surface area (Å²) in [6.45, 7) is 4.23. The fourth-order valence-corrected chi connectivity index (χ4v) is 6.09. The van der Waals surface area contributed by atoms with Crippen molar-refractivity contribution in [2.45, 2.75) is 19.3 Å². The van der Waals surface area contributed by atoms with Gasteiger partial charge in [-0.05, 0) is 54.8 Å². The molecule has 0 saturated carbocycles. The van der Waals surface area contributed by atoms with Crippen LogP contribution in [0.25, 0.3) is 56.3 Å². The molecule has 8 rings (SSSR count). The molecule has 6 heteroatoms. The number of hydrogen-bond acceptors (Lipinski definition) is 5. The summed E-state index contributed by atoms with van der Waals surface area (Å²) < 4.78 is 1.75. The van der Waals surface area contributed by atoms with Crippen molar-refractivity contribution >= 4 is 16.9 Å². The lowest BCUT2D eigenvalue weighted by Crippen LogP contribution is -2.35. The lowest BCUT2D eigenvalue weighted by Gasteiger charge is -2.31. The minimum Gasteiger partial charge on any atom is -0.268 e. The number of aromatic nitrogens is 5. The summed E-state index contributed by atoms with van der Waals surface area (Å²) >= 11 is 0. The van der Waals surface area contributed by atoms with Gasteiger partial charge >= 0.3 is 0 Å². The van der Waals surface area contributed by atoms with Gasteiger partial charge in [-0.3, -0.25) is 9.36 Å². The van der Waals surface area contributed by atoms with Gasteiger partial charge in [0.25, 0.3) is 5.91 Å². The number of fused-ring (bicyclic) bond motifs is 4. The van der Waals surface area contributed by atoms with E-state index >= 15 is 0 Å². The zero-order valence-corrected chi connectivity index (χ0v) is 24.3. The fourth-order valence-electron chi connectivity index (χ4n) is 6.09. The topological polar surface area (TPSA) is 73.6 Å². The third kappa shape index (κ3) is 4.14. The predicted octanol–water partition coefficient (Wildman–Crippen LogP) is 8.22. The molecule has 0 bridgehead atoms. The third-order valence-electron chi connectivity index (χ3n) is 8.42. The molecule has 0 radical (unpaired) electrons. The Morgan fingerprint density at radius 2 is 1.02 bits per heavy atom. The van der Waals surface area contributed by atoms with E-state index in [1.165, 1.54) is 0 Å². The van der Waals surface area contributed by atoms with Crippen molar-refractivity contribution in [2.24, 2.45) is 0 Å². The summed E-state index contributed by atoms with van der Waals surface area (Å²) in [5.74, 6) is 2.35. The molecular formula is C38H27N5O. The first-order chi connectivity index (χ1) is 21.5. The molecule has 0 aliphatic carbocycles. The van der Waals surface area contributed by atoms with Gasteiger partial charge < -0.3 is 0 Å². The van der Waals surface area contributed by atoms with E-state index in [2.05, 4.69) is 38.1 Å². The number of carbonyl (C=O) groups excluding carboxylic acids is 1. The van der Waals surface area contributed by atoms with Crippen molar-refractivity contribution in [1.29, 1.82) is 0 Å². The smallest absolute Gasteiger partial charge is 0.264 e. The van der Waals surface area contributed by atoms with E-state index in [0.29, 0.717) is 23.0 Å². The Morgan fingerprint density at radius 3 is 1.70 bits per heavy atom. The molecule has 7 aromatic rings. The van der Waals surface area contributed by atoms with Gasteiger partial charge in [-0.1, -0.05) is 103 Å². The summed E-state index contributed by atoms with van der Waals surface area (Å²) in [4.78, 5) is 33.5. The summed E-state index contributed by atoms with van der Waals surface area (Å²) in [5.41, 5.74) is 7.59. The van der Waals surface area contributed by atoms with Crippen LogP contribution in [0.3, 0.4) is 0 Å². The summed E-state index contributed by atoms with van der Waals surface area (Å²) in [5, 5.41) is 0. The minimum atomic E-state index is -0.434. The van der Waals surface area contributed by atoms with Crippen molar-refractivity contribution in [1.82, 2.24) is 24.5 Å². The summed E-state index contributed by atoms with van der Waals surface area (Å²) in [6, 6.07) is 42.2. The molecule has 2 aromatic heterocycles. The van der Waals surface area contributed by atoms with Crippen LogP contribution < -0.4 is 0 Å². The summed E-state index contributed by atoms with van der Waals surface area (Å²) in [6.07, 6.45) is 0. The van der Waals surface area contributed by atoms with Gasteiger partial charge in [0, 0.05) is 27.7 Å². The number of imidazole rings is 1. The Labute approximate surface area is 254 Å². The minimum absolute atomic E-state index is 0.0746. The molecule has 0 spiro atoms. The molecule has 1 aliphatic rings. The molecule has 44 heavy (non-hydrogen) atoms. The van der Waals surface area contributed by atoms with Crippen molar-refractivity contribution < 1.29 is 4.79 Å². The van der Waals surface area contributed by atoms with Crippen LogP contribution in [-0.2, 0) is 5.41 Å². The second-order valence-corrected chi connectivity index (χ2v) is 11.6. The largest absolute Gasteiger partial charge is 0.268 e. The lowest BCUT2D eigenvalue weighted by molar-refractivity contribution is 0.0948. The highest BCUT2D eigenvalue weighted by molar-refractivity contribution is 6.05. The first-order valence-corrected chi connectivity index (χ1v) is 14.6. The van der Waals surface area contributed by atoms with Gasteiger partial charge in [0.05, 0.1) is 11.0 Å². The van der Waals surface area contributed by atoms with Gasteiger partial charge in [-0.25, -0.2) is 19.9 Å². The van der Waals surface area contributed by atoms with Crippen LogP contribution in [0.15, 0.2) is 127 Å². The molecule has 0 unspecified atom stereocenters. The molecule has 1 aliphatic heterocycles. The standard InChI is InChI=1S/C38H27N5O/c1-38(2)30-16-10-9-15-29(30)36(44)43-32-23-28(21-22-31(32)39-37(38)43)35-41-33(26-13-7-4-8-14-26)40-34(42-35)27-19-17-25(18-20-27)24-11-5-3-6-12-24/h3-23H,1-2H3. The van der Waals surface area contributed by atoms with Gasteiger partial charge in [0.15, 0.2) is 17.5 Å². The average molecular weight is 570 g/mol. The predicted molar refractivity (Wildman–Crippen MR) is 173 cm³/mol. The van der Waals surface area contributed by atoms with E-state index in [4.69, 9.17) is 19.9 Å². The average Bonchev–Trinajstić information content (AvgIpc) is 3.48. The highest BCUT2D eigenvalue weighted by atomic mass is 16.2. The van der Waals surface area contributed by atoms with Crippen LogP contribution >= 0.6 is 0 Å². The maximum Gasteiger partial charge on any atom is 0.264 e. The quantitative estimate of drug-likeness (QED) is 0.214. The van der Waals surface area contributed by atoms with Gasteiger partial charge in [-0.15, -0.1) is 0 Å². The maximum absolute atomic E-state index is 13.8. The van der Waals surface area contributed by atoms with Crippen LogP contribution in [0, 0.1) is 0 Å². The van der Waals surface area contributed by atoms with E-state index in [-0.39, 0.29) is 5.91 Å². The van der Waals surface area contributed by atoms with E-state index in [0.717, 1.165) is 50.2 Å². The van der Waals surface area contributed by atoms with E-state index < -0.39 is 5.41 Å². The van der Waals surface area contributed by atoms with Crippen molar-refractivity contribution in [3.8, 4) is 45.3 Å². The Kier molecular flexibility index (Phi) is 5.84.